The first-order valence-electron chi connectivity index (χ1n) is 13.8. The van der Waals surface area contributed by atoms with Crippen molar-refractivity contribution in [2.45, 2.75) is 44.9 Å². The van der Waals surface area contributed by atoms with Gasteiger partial charge < -0.3 is 10.6 Å². The van der Waals surface area contributed by atoms with E-state index >= 15 is 0 Å². The normalized spacial score (nSPS) is 11.7. The molecule has 4 rings (SSSR count). The number of carbonyl (C=O) groups excluding carboxylic acids is 1. The molecule has 2 amide bonds. The second-order valence-corrected chi connectivity index (χ2v) is 13.5. The highest BCUT2D eigenvalue weighted by atomic mass is 32.2. The Bertz CT molecular complexity index is 1640. The highest BCUT2D eigenvalue weighted by Crippen LogP contribution is 2.51. The van der Waals surface area contributed by atoms with Crippen LogP contribution in [0, 0.1) is 6.92 Å². The lowest BCUT2D eigenvalue weighted by atomic mass is 10.2. The molecule has 0 aliphatic rings. The zero-order chi connectivity index (χ0) is 31.6. The summed E-state index contributed by atoms with van der Waals surface area (Å²) in [6, 6.07) is 25.3. The van der Waals surface area contributed by atoms with Crippen molar-refractivity contribution in [2.75, 3.05) is 12.0 Å². The summed E-state index contributed by atoms with van der Waals surface area (Å²) in [6.07, 6.45) is 2.55. The Kier molecular flexibility index (Phi) is 11.3. The van der Waals surface area contributed by atoms with E-state index in [0.29, 0.717) is 21.1 Å². The Hall–Kier alpha value is -4.06. The number of anilines is 2. The van der Waals surface area contributed by atoms with Gasteiger partial charge in [-0.25, -0.2) is 17.8 Å². The molecular weight excluding hydrogens is 603 g/mol. The minimum absolute atomic E-state index is 0.148. The third-order valence-corrected chi connectivity index (χ3v) is 9.14. The van der Waals surface area contributed by atoms with Crippen molar-refractivity contribution in [3.8, 4) is 0 Å². The number of sulfonamides is 1. The lowest BCUT2D eigenvalue weighted by Crippen LogP contribution is -2.47. The molecule has 3 aromatic carbocycles. The molecule has 4 aromatic rings. The van der Waals surface area contributed by atoms with Crippen LogP contribution in [0.3, 0.4) is 0 Å². The van der Waals surface area contributed by atoms with E-state index in [-0.39, 0.29) is 23.8 Å². The molecule has 0 saturated heterocycles. The lowest BCUT2D eigenvalue weighted by molar-refractivity contribution is 0.0831. The average Bonchev–Trinajstić information content (AvgIpc) is 3.00. The third kappa shape index (κ3) is 9.22. The van der Waals surface area contributed by atoms with E-state index in [4.69, 9.17) is 13.6 Å². The maximum atomic E-state index is 14.0. The van der Waals surface area contributed by atoms with Crippen LogP contribution in [0.5, 0.6) is 0 Å². The first-order chi connectivity index (χ1) is 21.1. The van der Waals surface area contributed by atoms with Crippen LogP contribution in [0.15, 0.2) is 108 Å². The van der Waals surface area contributed by atoms with Crippen LogP contribution in [0.4, 0.5) is 16.2 Å². The number of carbonyl (C=O) groups is 1. The van der Waals surface area contributed by atoms with Crippen LogP contribution < -0.4 is 10.6 Å². The minimum Gasteiger partial charge on any atom is -0.354 e. The van der Waals surface area contributed by atoms with Gasteiger partial charge in [0.2, 0.25) is 0 Å². The van der Waals surface area contributed by atoms with E-state index in [2.05, 4.69) is 15.6 Å². The Morgan fingerprint density at radius 3 is 2.07 bits per heavy atom. The van der Waals surface area contributed by atoms with Crippen LogP contribution in [-0.2, 0) is 41.4 Å². The van der Waals surface area contributed by atoms with Gasteiger partial charge in [-0.15, -0.1) is 0 Å². The Morgan fingerprint density at radius 1 is 0.886 bits per heavy atom. The second-order valence-electron chi connectivity index (χ2n) is 10.0. The molecule has 0 radical (unpaired) electrons. The van der Waals surface area contributed by atoms with Crippen molar-refractivity contribution in [3.05, 3.63) is 120 Å². The van der Waals surface area contributed by atoms with E-state index in [0.717, 1.165) is 11.8 Å². The largest absolute Gasteiger partial charge is 0.477 e. The van der Waals surface area contributed by atoms with Gasteiger partial charge in [-0.3, -0.25) is 18.6 Å². The zero-order valence-corrected chi connectivity index (χ0v) is 26.3. The van der Waals surface area contributed by atoms with Gasteiger partial charge in [-0.1, -0.05) is 72.8 Å². The van der Waals surface area contributed by atoms with Crippen LogP contribution in [0.25, 0.3) is 0 Å². The standard InChI is InChI=1S/C31H35N4O7PS/c1-24(2)33-31(36)35(44(38,39)30-20-32-18-17-29(30)34-28-16-10-11-25(3)19-28)23-42-43(37,40-21-26-12-6-4-7-13-26)41-22-27-14-8-5-9-15-27/h4-20,24H,21-23H2,1-3H3,(H,32,34)(H,33,36). The molecule has 0 atom stereocenters. The predicted octanol–water partition coefficient (Wildman–Crippen LogP) is 6.76. The predicted molar refractivity (Wildman–Crippen MR) is 167 cm³/mol. The van der Waals surface area contributed by atoms with Crippen LogP contribution in [0.1, 0.15) is 30.5 Å². The van der Waals surface area contributed by atoms with Crippen LogP contribution in [-0.4, -0.2) is 36.5 Å². The third-order valence-electron chi connectivity index (χ3n) is 6.09. The number of amides is 2. The number of nitrogens with zero attached hydrogens (tertiary/aromatic N) is 2. The van der Waals surface area contributed by atoms with E-state index < -0.39 is 36.6 Å². The van der Waals surface area contributed by atoms with Crippen molar-refractivity contribution < 1.29 is 31.3 Å². The van der Waals surface area contributed by atoms with E-state index in [1.54, 1.807) is 68.4 Å². The molecule has 232 valence electrons. The SMILES string of the molecule is Cc1cccc(Nc2ccncc2S(=O)(=O)N(COP(=O)(OCc2ccccc2)OCc2ccccc2)C(=O)NC(C)C)c1. The molecule has 0 saturated carbocycles. The first-order valence-corrected chi connectivity index (χ1v) is 16.7. The van der Waals surface area contributed by atoms with Crippen molar-refractivity contribution in [1.29, 1.82) is 0 Å². The quantitative estimate of drug-likeness (QED) is 0.113. The summed E-state index contributed by atoms with van der Waals surface area (Å²) in [4.78, 5) is 17.0. The molecule has 0 spiro atoms. The van der Waals surface area contributed by atoms with E-state index in [9.17, 15) is 17.8 Å². The van der Waals surface area contributed by atoms with Crippen molar-refractivity contribution in [1.82, 2.24) is 14.6 Å². The molecule has 1 heterocycles. The Labute approximate surface area is 257 Å². The molecule has 0 fully saturated rings. The molecule has 0 aliphatic carbocycles. The second kappa shape index (κ2) is 15.1. The van der Waals surface area contributed by atoms with Gasteiger partial charge in [0.25, 0.3) is 10.0 Å². The monoisotopic (exact) mass is 638 g/mol. The van der Waals surface area contributed by atoms with E-state index in [1.165, 1.54) is 12.3 Å². The van der Waals surface area contributed by atoms with Gasteiger partial charge in [0.15, 0.2) is 0 Å². The number of nitrogens with one attached hydrogen (secondary N) is 2. The maximum absolute atomic E-state index is 14.0. The molecule has 2 N–H and O–H groups in total. The highest BCUT2D eigenvalue weighted by Gasteiger charge is 2.36. The van der Waals surface area contributed by atoms with Gasteiger partial charge in [0.1, 0.15) is 11.6 Å². The van der Waals surface area contributed by atoms with Crippen LogP contribution in [0.2, 0.25) is 0 Å². The topological polar surface area (TPSA) is 136 Å². The lowest BCUT2D eigenvalue weighted by Gasteiger charge is -2.26. The number of rotatable bonds is 14. The van der Waals surface area contributed by atoms with Gasteiger partial charge in [0, 0.05) is 24.1 Å². The highest BCUT2D eigenvalue weighted by molar-refractivity contribution is 7.89. The van der Waals surface area contributed by atoms with E-state index in [1.807, 2.05) is 37.3 Å². The fourth-order valence-corrected chi connectivity index (χ4v) is 6.40. The fraction of sp³-hybridized carbons (Fsp3) is 0.226. The number of urea groups is 1. The summed E-state index contributed by atoms with van der Waals surface area (Å²) >= 11 is 0. The van der Waals surface area contributed by atoms with Crippen molar-refractivity contribution in [2.24, 2.45) is 0 Å². The summed E-state index contributed by atoms with van der Waals surface area (Å²) < 4.78 is 59.2. The van der Waals surface area contributed by atoms with Gasteiger partial charge in [-0.2, -0.15) is 4.31 Å². The molecular formula is C31H35N4O7PS. The number of pyridine rings is 1. The number of aryl methyl sites for hydroxylation is 1. The maximum Gasteiger partial charge on any atom is 0.477 e. The smallest absolute Gasteiger partial charge is 0.354 e. The summed E-state index contributed by atoms with van der Waals surface area (Å²) in [5.41, 5.74) is 3.14. The number of phosphoric ester groups is 1. The molecule has 0 aliphatic heterocycles. The minimum atomic E-state index is -4.62. The number of aromatic nitrogens is 1. The number of hydrogen-bond acceptors (Lipinski definition) is 9. The van der Waals surface area contributed by atoms with Crippen molar-refractivity contribution in [3.63, 3.8) is 0 Å². The van der Waals surface area contributed by atoms with Gasteiger partial charge in [0.05, 0.1) is 18.9 Å². The number of benzene rings is 3. The fourth-order valence-electron chi connectivity index (χ4n) is 3.93. The summed E-state index contributed by atoms with van der Waals surface area (Å²) in [7, 11) is -9.05. The molecule has 0 unspecified atom stereocenters. The number of phosphoric acid groups is 1. The molecule has 44 heavy (non-hydrogen) atoms. The van der Waals surface area contributed by atoms with Crippen molar-refractivity contribution >= 4 is 35.3 Å². The first kappa shape index (κ1) is 32.8. The molecule has 1 aromatic heterocycles. The Balaban J connectivity index is 1.63. The summed E-state index contributed by atoms with van der Waals surface area (Å²) in [5.74, 6) is 0. The molecule has 13 heteroatoms. The zero-order valence-electron chi connectivity index (χ0n) is 24.6. The van der Waals surface area contributed by atoms with Gasteiger partial charge in [-0.05, 0) is 55.7 Å². The Morgan fingerprint density at radius 2 is 1.50 bits per heavy atom. The summed E-state index contributed by atoms with van der Waals surface area (Å²) in [5, 5.41) is 5.64. The average molecular weight is 639 g/mol. The summed E-state index contributed by atoms with van der Waals surface area (Å²) in [6.45, 7) is 3.99. The molecule has 11 nitrogen and oxygen atoms in total. The molecule has 0 bridgehead atoms. The number of hydrogen-bond donors (Lipinski definition) is 2. The van der Waals surface area contributed by atoms with Gasteiger partial charge >= 0.3 is 13.9 Å². The van der Waals surface area contributed by atoms with Crippen LogP contribution >= 0.6 is 7.82 Å².